The molecule has 1 aromatic rings. The molecule has 1 amide bonds. The Bertz CT molecular complexity index is 497. The number of carbonyl (C=O) groups excluding carboxylic acids is 2. The van der Waals surface area contributed by atoms with Gasteiger partial charge in [-0.05, 0) is 30.7 Å². The Labute approximate surface area is 124 Å². The zero-order valence-electron chi connectivity index (χ0n) is 12.6. The molecule has 0 aliphatic rings. The number of benzene rings is 1. The van der Waals surface area contributed by atoms with Gasteiger partial charge in [-0.1, -0.05) is 6.08 Å². The van der Waals surface area contributed by atoms with E-state index in [1.165, 1.54) is 7.11 Å². The monoisotopic (exact) mass is 291 g/mol. The van der Waals surface area contributed by atoms with E-state index in [0.717, 1.165) is 5.69 Å². The lowest BCUT2D eigenvalue weighted by atomic mass is 10.2. The molecule has 0 fully saturated rings. The van der Waals surface area contributed by atoms with Crippen molar-refractivity contribution >= 4 is 17.6 Å². The van der Waals surface area contributed by atoms with Crippen molar-refractivity contribution in [1.29, 1.82) is 0 Å². The number of hydrazine groups is 1. The van der Waals surface area contributed by atoms with Crippen LogP contribution in [-0.4, -0.2) is 39.1 Å². The van der Waals surface area contributed by atoms with Crippen LogP contribution in [0.1, 0.15) is 16.8 Å². The van der Waals surface area contributed by atoms with Crippen molar-refractivity contribution in [3.63, 3.8) is 0 Å². The van der Waals surface area contributed by atoms with Crippen molar-refractivity contribution in [2.45, 2.75) is 12.5 Å². The minimum Gasteiger partial charge on any atom is -0.468 e. The second kappa shape index (κ2) is 8.06. The zero-order valence-corrected chi connectivity index (χ0v) is 12.6. The summed E-state index contributed by atoms with van der Waals surface area (Å²) in [6.07, 6.45) is 1.93. The number of nitrogens with zero attached hydrogens (tertiary/aromatic N) is 1. The molecule has 1 aromatic carbocycles. The molecule has 0 saturated carbocycles. The third-order valence-corrected chi connectivity index (χ3v) is 2.89. The van der Waals surface area contributed by atoms with Crippen LogP contribution in [0, 0.1) is 0 Å². The quantitative estimate of drug-likeness (QED) is 0.447. The second-order valence-electron chi connectivity index (χ2n) is 4.64. The highest BCUT2D eigenvalue weighted by Gasteiger charge is 2.18. The molecule has 0 aromatic heterocycles. The van der Waals surface area contributed by atoms with Gasteiger partial charge in [0, 0.05) is 25.3 Å². The van der Waals surface area contributed by atoms with Gasteiger partial charge in [0.25, 0.3) is 5.91 Å². The summed E-state index contributed by atoms with van der Waals surface area (Å²) in [5.41, 5.74) is 6.64. The molecule has 6 heteroatoms. The molecule has 2 N–H and O–H groups in total. The van der Waals surface area contributed by atoms with Gasteiger partial charge in [0.05, 0.1) is 7.11 Å². The largest absolute Gasteiger partial charge is 0.468 e. The Balaban J connectivity index is 2.63. The van der Waals surface area contributed by atoms with Crippen LogP contribution in [0.5, 0.6) is 0 Å². The Morgan fingerprint density at radius 3 is 2.43 bits per heavy atom. The highest BCUT2D eigenvalue weighted by molar-refractivity contribution is 5.94. The van der Waals surface area contributed by atoms with Crippen molar-refractivity contribution in [3.8, 4) is 0 Å². The van der Waals surface area contributed by atoms with Gasteiger partial charge in [-0.25, -0.2) is 5.43 Å². The van der Waals surface area contributed by atoms with E-state index in [2.05, 4.69) is 22.2 Å². The molecule has 1 atom stereocenters. The topological polar surface area (TPSA) is 70.7 Å². The molecule has 6 nitrogen and oxygen atoms in total. The number of carbonyl (C=O) groups is 2. The average Bonchev–Trinajstić information content (AvgIpc) is 2.50. The first-order chi connectivity index (χ1) is 9.99. The number of anilines is 1. The van der Waals surface area contributed by atoms with Crippen molar-refractivity contribution in [2.24, 2.45) is 0 Å². The molecule has 21 heavy (non-hydrogen) atoms. The van der Waals surface area contributed by atoms with Crippen LogP contribution < -0.4 is 15.8 Å². The SMILES string of the molecule is C=CCC(NNC(=O)c1ccc(N(C)C)cc1)C(=O)OC. The molecule has 0 heterocycles. The number of hydrogen-bond donors (Lipinski definition) is 2. The normalized spacial score (nSPS) is 11.4. The molecule has 0 saturated heterocycles. The molecule has 0 spiro atoms. The fourth-order valence-electron chi connectivity index (χ4n) is 1.66. The summed E-state index contributed by atoms with van der Waals surface area (Å²) in [4.78, 5) is 25.4. The summed E-state index contributed by atoms with van der Waals surface area (Å²) in [5.74, 6) is -0.781. The summed E-state index contributed by atoms with van der Waals surface area (Å²) < 4.78 is 4.64. The second-order valence-corrected chi connectivity index (χ2v) is 4.64. The van der Waals surface area contributed by atoms with Crippen LogP contribution in [0.3, 0.4) is 0 Å². The van der Waals surface area contributed by atoms with Crippen LogP contribution in [0.15, 0.2) is 36.9 Å². The van der Waals surface area contributed by atoms with Crippen molar-refractivity contribution < 1.29 is 14.3 Å². The maximum Gasteiger partial charge on any atom is 0.324 e. The zero-order chi connectivity index (χ0) is 15.8. The number of ether oxygens (including phenoxy) is 1. The molecular weight excluding hydrogens is 270 g/mol. The summed E-state index contributed by atoms with van der Waals surface area (Å²) in [7, 11) is 5.14. The van der Waals surface area contributed by atoms with Crippen molar-refractivity contribution in [1.82, 2.24) is 10.9 Å². The molecular formula is C15H21N3O3. The Hall–Kier alpha value is -2.34. The lowest BCUT2D eigenvalue weighted by Crippen LogP contribution is -2.48. The van der Waals surface area contributed by atoms with Crippen LogP contribution >= 0.6 is 0 Å². The molecule has 0 aliphatic heterocycles. The van der Waals surface area contributed by atoms with Crippen LogP contribution in [0.4, 0.5) is 5.69 Å². The Morgan fingerprint density at radius 1 is 1.33 bits per heavy atom. The number of amides is 1. The van der Waals surface area contributed by atoms with Crippen molar-refractivity contribution in [2.75, 3.05) is 26.1 Å². The van der Waals surface area contributed by atoms with Crippen LogP contribution in [-0.2, 0) is 9.53 Å². The lowest BCUT2D eigenvalue weighted by Gasteiger charge is -2.16. The number of hydrogen-bond acceptors (Lipinski definition) is 5. The van der Waals surface area contributed by atoms with Gasteiger partial charge in [0.15, 0.2) is 0 Å². The lowest BCUT2D eigenvalue weighted by molar-refractivity contribution is -0.143. The van der Waals surface area contributed by atoms with Gasteiger partial charge in [-0.2, -0.15) is 0 Å². The van der Waals surface area contributed by atoms with E-state index in [4.69, 9.17) is 0 Å². The van der Waals surface area contributed by atoms with Gasteiger partial charge >= 0.3 is 5.97 Å². The first kappa shape index (κ1) is 16.7. The smallest absolute Gasteiger partial charge is 0.324 e. The van der Waals surface area contributed by atoms with E-state index in [1.807, 2.05) is 31.1 Å². The summed E-state index contributed by atoms with van der Waals surface area (Å²) in [6.45, 7) is 3.56. The predicted octanol–water partition coefficient (Wildman–Crippen LogP) is 1.10. The Kier molecular flexibility index (Phi) is 6.42. The first-order valence-electron chi connectivity index (χ1n) is 6.51. The van der Waals surface area contributed by atoms with E-state index in [9.17, 15) is 9.59 Å². The highest BCUT2D eigenvalue weighted by Crippen LogP contribution is 2.11. The third kappa shape index (κ3) is 4.92. The van der Waals surface area contributed by atoms with E-state index < -0.39 is 12.0 Å². The molecule has 1 rings (SSSR count). The van der Waals surface area contributed by atoms with Gasteiger partial charge in [0.1, 0.15) is 6.04 Å². The molecule has 1 unspecified atom stereocenters. The minimum absolute atomic E-state index is 0.321. The number of rotatable bonds is 7. The van der Waals surface area contributed by atoms with E-state index >= 15 is 0 Å². The molecule has 0 radical (unpaired) electrons. The summed E-state index contributed by atoms with van der Waals surface area (Å²) in [6, 6.07) is 6.46. The van der Waals surface area contributed by atoms with Gasteiger partial charge in [0.2, 0.25) is 0 Å². The minimum atomic E-state index is -0.655. The van der Waals surface area contributed by atoms with Gasteiger partial charge < -0.3 is 9.64 Å². The summed E-state index contributed by atoms with van der Waals surface area (Å²) >= 11 is 0. The first-order valence-corrected chi connectivity index (χ1v) is 6.51. The number of esters is 1. The van der Waals surface area contributed by atoms with Crippen LogP contribution in [0.25, 0.3) is 0 Å². The van der Waals surface area contributed by atoms with Crippen LogP contribution in [0.2, 0.25) is 0 Å². The standard InChI is InChI=1S/C15H21N3O3/c1-5-6-13(15(20)21-4)16-17-14(19)11-7-9-12(10-8-11)18(2)3/h5,7-10,13,16H,1,6H2,2-4H3,(H,17,19). The predicted molar refractivity (Wildman–Crippen MR) is 82.0 cm³/mol. The third-order valence-electron chi connectivity index (χ3n) is 2.89. The Morgan fingerprint density at radius 2 is 1.95 bits per heavy atom. The maximum absolute atomic E-state index is 12.0. The molecule has 0 bridgehead atoms. The molecule has 114 valence electrons. The van der Waals surface area contributed by atoms with Crippen molar-refractivity contribution in [3.05, 3.63) is 42.5 Å². The highest BCUT2D eigenvalue weighted by atomic mass is 16.5. The fourth-order valence-corrected chi connectivity index (χ4v) is 1.66. The van der Waals surface area contributed by atoms with E-state index in [-0.39, 0.29) is 5.91 Å². The van der Waals surface area contributed by atoms with E-state index in [1.54, 1.807) is 18.2 Å². The van der Waals surface area contributed by atoms with Gasteiger partial charge in [-0.3, -0.25) is 15.0 Å². The number of methoxy groups -OCH3 is 1. The molecule has 0 aliphatic carbocycles. The average molecular weight is 291 g/mol. The van der Waals surface area contributed by atoms with E-state index in [0.29, 0.717) is 12.0 Å². The fraction of sp³-hybridized carbons (Fsp3) is 0.333. The number of nitrogens with one attached hydrogen (secondary N) is 2. The van der Waals surface area contributed by atoms with Gasteiger partial charge in [-0.15, -0.1) is 6.58 Å². The maximum atomic E-state index is 12.0. The summed E-state index contributed by atoms with van der Waals surface area (Å²) in [5, 5.41) is 0.